The van der Waals surface area contributed by atoms with Crippen molar-refractivity contribution in [3.8, 4) is 0 Å². The Hall–Kier alpha value is 0.01000. The van der Waals surface area contributed by atoms with Crippen LogP contribution < -0.4 is 0 Å². The molecule has 0 N–H and O–H groups in total. The summed E-state index contributed by atoms with van der Waals surface area (Å²) in [4.78, 5) is 0. The van der Waals surface area contributed by atoms with Crippen LogP contribution in [0.5, 0.6) is 0 Å². The molecule has 2 rings (SSSR count). The highest BCUT2D eigenvalue weighted by atomic mass is 32.2. The minimum Gasteiger partial charge on any atom is -0.378 e. The van der Waals surface area contributed by atoms with E-state index in [0.717, 1.165) is 10.8 Å². The zero-order valence-electron chi connectivity index (χ0n) is 7.69. The molecule has 3 heteroatoms. The number of thiol groups is 1. The Bertz CT molecular complexity index is 282. The van der Waals surface area contributed by atoms with Crippen LogP contribution in [0.25, 0.3) is 0 Å². The summed E-state index contributed by atoms with van der Waals surface area (Å²) in [5, 5.41) is 2.21. The molecule has 1 aromatic rings. The maximum Gasteiger partial charge on any atom is 0.0615 e. The van der Waals surface area contributed by atoms with E-state index in [4.69, 9.17) is 4.74 Å². The molecule has 1 aliphatic rings. The van der Waals surface area contributed by atoms with Crippen LogP contribution in [0.3, 0.4) is 0 Å². The fraction of sp³-hybridized carbons (Fsp3) is 0.600. The molecule has 13 heavy (non-hydrogen) atoms. The minimum absolute atomic E-state index is 0.371. The Morgan fingerprint density at radius 2 is 2.46 bits per heavy atom. The number of ether oxygens (including phenoxy) is 1. The standard InChI is InChI=1S/C10H14OS2/c1-7-9(3-2-4-11-7)8-5-10(12)13-6-8/h5-7,9,12H,2-4H2,1H3. The second kappa shape index (κ2) is 4.03. The first-order chi connectivity index (χ1) is 6.27. The van der Waals surface area contributed by atoms with E-state index in [1.807, 2.05) is 0 Å². The van der Waals surface area contributed by atoms with Crippen LogP contribution in [0.4, 0.5) is 0 Å². The molecule has 0 aliphatic carbocycles. The van der Waals surface area contributed by atoms with Gasteiger partial charge in [0.1, 0.15) is 0 Å². The molecular weight excluding hydrogens is 200 g/mol. The molecule has 1 nitrogen and oxygen atoms in total. The Balaban J connectivity index is 2.14. The SMILES string of the molecule is CC1OCCCC1c1csc(S)c1. The van der Waals surface area contributed by atoms with Crippen molar-refractivity contribution in [2.24, 2.45) is 0 Å². The predicted molar refractivity (Wildman–Crippen MR) is 59.0 cm³/mol. The van der Waals surface area contributed by atoms with E-state index >= 15 is 0 Å². The van der Waals surface area contributed by atoms with Gasteiger partial charge in [-0.3, -0.25) is 0 Å². The average molecular weight is 214 g/mol. The van der Waals surface area contributed by atoms with E-state index < -0.39 is 0 Å². The third-order valence-electron chi connectivity index (χ3n) is 2.64. The number of hydrogen-bond acceptors (Lipinski definition) is 3. The molecule has 1 fully saturated rings. The quantitative estimate of drug-likeness (QED) is 0.706. The lowest BCUT2D eigenvalue weighted by molar-refractivity contribution is 0.0116. The second-order valence-electron chi connectivity index (χ2n) is 3.54. The molecule has 0 spiro atoms. The molecule has 0 radical (unpaired) electrons. The minimum atomic E-state index is 0.371. The molecule has 2 unspecified atom stereocenters. The molecule has 0 bridgehead atoms. The molecular formula is C10H14OS2. The lowest BCUT2D eigenvalue weighted by Gasteiger charge is -2.28. The highest BCUT2D eigenvalue weighted by molar-refractivity contribution is 7.82. The maximum atomic E-state index is 5.63. The summed E-state index contributed by atoms with van der Waals surface area (Å²) in [7, 11) is 0. The average Bonchev–Trinajstić information content (AvgIpc) is 2.53. The third kappa shape index (κ3) is 2.09. The van der Waals surface area contributed by atoms with Crippen molar-refractivity contribution in [1.29, 1.82) is 0 Å². The number of thiophene rings is 1. The Kier molecular flexibility index (Phi) is 2.96. The number of hydrogen-bond donors (Lipinski definition) is 1. The van der Waals surface area contributed by atoms with Crippen molar-refractivity contribution in [2.45, 2.75) is 36.0 Å². The van der Waals surface area contributed by atoms with Crippen LogP contribution >= 0.6 is 24.0 Å². The van der Waals surface area contributed by atoms with Crippen LogP contribution in [-0.4, -0.2) is 12.7 Å². The molecule has 0 amide bonds. The van der Waals surface area contributed by atoms with E-state index in [-0.39, 0.29) is 0 Å². The van der Waals surface area contributed by atoms with Gasteiger partial charge in [-0.25, -0.2) is 0 Å². The van der Waals surface area contributed by atoms with Gasteiger partial charge >= 0.3 is 0 Å². The molecule has 1 saturated heterocycles. The normalized spacial score (nSPS) is 29.1. The van der Waals surface area contributed by atoms with Crippen molar-refractivity contribution < 1.29 is 4.74 Å². The molecule has 2 heterocycles. The fourth-order valence-electron chi connectivity index (χ4n) is 1.89. The van der Waals surface area contributed by atoms with Gasteiger partial charge in [0, 0.05) is 12.5 Å². The lowest BCUT2D eigenvalue weighted by Crippen LogP contribution is -2.24. The van der Waals surface area contributed by atoms with Gasteiger partial charge in [-0.15, -0.1) is 24.0 Å². The van der Waals surface area contributed by atoms with E-state index in [9.17, 15) is 0 Å². The first-order valence-electron chi connectivity index (χ1n) is 4.66. The maximum absolute atomic E-state index is 5.63. The highest BCUT2D eigenvalue weighted by Gasteiger charge is 2.24. The summed E-state index contributed by atoms with van der Waals surface area (Å²) in [6.07, 6.45) is 2.81. The van der Waals surface area contributed by atoms with Gasteiger partial charge < -0.3 is 4.74 Å². The molecule has 72 valence electrons. The van der Waals surface area contributed by atoms with Crippen LogP contribution in [0, 0.1) is 0 Å². The van der Waals surface area contributed by atoms with E-state index in [0.29, 0.717) is 12.0 Å². The van der Waals surface area contributed by atoms with Gasteiger partial charge in [-0.2, -0.15) is 0 Å². The summed E-state index contributed by atoms with van der Waals surface area (Å²) in [5.74, 6) is 0.589. The van der Waals surface area contributed by atoms with Crippen LogP contribution in [-0.2, 0) is 4.74 Å². The second-order valence-corrected chi connectivity index (χ2v) is 5.24. The van der Waals surface area contributed by atoms with Gasteiger partial charge in [0.25, 0.3) is 0 Å². The van der Waals surface area contributed by atoms with Crippen molar-refractivity contribution in [2.75, 3.05) is 6.61 Å². The van der Waals surface area contributed by atoms with Gasteiger partial charge in [0.15, 0.2) is 0 Å². The number of rotatable bonds is 1. The zero-order valence-corrected chi connectivity index (χ0v) is 9.41. The van der Waals surface area contributed by atoms with Crippen LogP contribution in [0.2, 0.25) is 0 Å². The topological polar surface area (TPSA) is 9.23 Å². The summed E-state index contributed by atoms with van der Waals surface area (Å²) in [5.41, 5.74) is 1.40. The molecule has 0 saturated carbocycles. The molecule has 0 aromatic carbocycles. The molecule has 1 aliphatic heterocycles. The summed E-state index contributed by atoms with van der Waals surface area (Å²) < 4.78 is 6.74. The van der Waals surface area contributed by atoms with E-state index in [2.05, 4.69) is 31.0 Å². The first kappa shape index (κ1) is 9.56. The first-order valence-corrected chi connectivity index (χ1v) is 5.99. The van der Waals surface area contributed by atoms with Crippen molar-refractivity contribution in [3.05, 3.63) is 17.0 Å². The summed E-state index contributed by atoms with van der Waals surface area (Å²) in [6, 6.07) is 2.17. The predicted octanol–water partition coefficient (Wildman–Crippen LogP) is 3.32. The highest BCUT2D eigenvalue weighted by Crippen LogP contribution is 2.34. The Labute approximate surface area is 88.5 Å². The fourth-order valence-corrected chi connectivity index (χ4v) is 2.91. The van der Waals surface area contributed by atoms with Crippen LogP contribution in [0.1, 0.15) is 31.2 Å². The van der Waals surface area contributed by atoms with Gasteiger partial charge in [0.05, 0.1) is 10.3 Å². The van der Waals surface area contributed by atoms with Gasteiger partial charge in [0.2, 0.25) is 0 Å². The van der Waals surface area contributed by atoms with Gasteiger partial charge in [-0.1, -0.05) is 0 Å². The van der Waals surface area contributed by atoms with E-state index in [1.54, 1.807) is 11.3 Å². The van der Waals surface area contributed by atoms with Crippen molar-refractivity contribution in [3.63, 3.8) is 0 Å². The smallest absolute Gasteiger partial charge is 0.0615 e. The van der Waals surface area contributed by atoms with Crippen molar-refractivity contribution >= 4 is 24.0 Å². The van der Waals surface area contributed by atoms with Crippen LogP contribution in [0.15, 0.2) is 15.7 Å². The summed E-state index contributed by atoms with van der Waals surface area (Å²) >= 11 is 6.04. The zero-order chi connectivity index (χ0) is 9.26. The molecule has 1 aromatic heterocycles. The Morgan fingerprint density at radius 1 is 1.62 bits per heavy atom. The monoisotopic (exact) mass is 214 g/mol. The third-order valence-corrected chi connectivity index (χ3v) is 3.84. The Morgan fingerprint density at radius 3 is 3.08 bits per heavy atom. The van der Waals surface area contributed by atoms with E-state index in [1.165, 1.54) is 18.4 Å². The molecule has 2 atom stereocenters. The lowest BCUT2D eigenvalue weighted by atomic mass is 9.90. The summed E-state index contributed by atoms with van der Waals surface area (Å²) in [6.45, 7) is 3.09. The van der Waals surface area contributed by atoms with Gasteiger partial charge in [-0.05, 0) is 36.8 Å². The van der Waals surface area contributed by atoms with Crippen molar-refractivity contribution in [1.82, 2.24) is 0 Å². The largest absolute Gasteiger partial charge is 0.378 e.